The van der Waals surface area contributed by atoms with Gasteiger partial charge in [0.25, 0.3) is 0 Å². The molecule has 0 saturated carbocycles. The van der Waals surface area contributed by atoms with Crippen LogP contribution in [-0.4, -0.2) is 55.4 Å². The standard InChI is InChI=1S/C16H20N2O4/c1-21-13-2-3-14-12(10-13)11-15(16(19)20)18(14)5-4-17-6-8-22-9-7-17/h2-3,10-11H,4-9H2,1H3,(H,19,20)/p-1. The van der Waals surface area contributed by atoms with Crippen molar-refractivity contribution in [2.24, 2.45) is 0 Å². The van der Waals surface area contributed by atoms with Crippen molar-refractivity contribution in [3.05, 3.63) is 30.0 Å². The molecule has 0 aliphatic carbocycles. The summed E-state index contributed by atoms with van der Waals surface area (Å²) in [5.74, 6) is -0.445. The number of aromatic carboxylic acids is 1. The molecule has 22 heavy (non-hydrogen) atoms. The molecule has 2 aromatic rings. The van der Waals surface area contributed by atoms with E-state index in [2.05, 4.69) is 4.90 Å². The Hall–Kier alpha value is -2.05. The molecule has 0 N–H and O–H groups in total. The highest BCUT2D eigenvalue weighted by molar-refractivity contribution is 5.94. The van der Waals surface area contributed by atoms with E-state index < -0.39 is 5.97 Å². The molecule has 1 aliphatic heterocycles. The number of carboxylic acids is 1. The minimum absolute atomic E-state index is 0.205. The number of hydrogen-bond acceptors (Lipinski definition) is 5. The van der Waals surface area contributed by atoms with Gasteiger partial charge < -0.3 is 23.9 Å². The zero-order valence-corrected chi connectivity index (χ0v) is 12.6. The summed E-state index contributed by atoms with van der Waals surface area (Å²) in [6, 6.07) is 7.21. The van der Waals surface area contributed by atoms with Crippen LogP contribution in [0.3, 0.4) is 0 Å². The predicted molar refractivity (Wildman–Crippen MR) is 80.1 cm³/mol. The number of hydrogen-bond donors (Lipinski definition) is 0. The average molecular weight is 303 g/mol. The molecule has 0 spiro atoms. The summed E-state index contributed by atoms with van der Waals surface area (Å²) >= 11 is 0. The number of ether oxygens (including phenoxy) is 2. The molecule has 0 amide bonds. The summed E-state index contributed by atoms with van der Waals surface area (Å²) in [5, 5.41) is 12.2. The summed E-state index contributed by atoms with van der Waals surface area (Å²) in [6.45, 7) is 4.63. The molecule has 0 atom stereocenters. The van der Waals surface area contributed by atoms with E-state index in [-0.39, 0.29) is 5.69 Å². The lowest BCUT2D eigenvalue weighted by Crippen LogP contribution is -2.38. The number of nitrogens with zero attached hydrogens (tertiary/aromatic N) is 2. The second-order valence-corrected chi connectivity index (χ2v) is 5.35. The van der Waals surface area contributed by atoms with Crippen LogP contribution in [0.2, 0.25) is 0 Å². The molecular weight excluding hydrogens is 284 g/mol. The van der Waals surface area contributed by atoms with Gasteiger partial charge >= 0.3 is 0 Å². The van der Waals surface area contributed by atoms with Crippen LogP contribution in [0.1, 0.15) is 10.5 Å². The van der Waals surface area contributed by atoms with Crippen molar-refractivity contribution < 1.29 is 19.4 Å². The molecule has 0 unspecified atom stereocenters. The fraction of sp³-hybridized carbons (Fsp3) is 0.438. The zero-order valence-electron chi connectivity index (χ0n) is 12.6. The van der Waals surface area contributed by atoms with Crippen molar-refractivity contribution in [3.8, 4) is 5.75 Å². The Kier molecular flexibility index (Phi) is 4.31. The minimum Gasteiger partial charge on any atom is -0.543 e. The number of carbonyl (C=O) groups excluding carboxylic acids is 1. The van der Waals surface area contributed by atoms with E-state index >= 15 is 0 Å². The lowest BCUT2D eigenvalue weighted by molar-refractivity contribution is -0.255. The second kappa shape index (κ2) is 6.37. The van der Waals surface area contributed by atoms with Gasteiger partial charge in [-0.2, -0.15) is 0 Å². The van der Waals surface area contributed by atoms with Gasteiger partial charge in [0.2, 0.25) is 0 Å². The largest absolute Gasteiger partial charge is 0.543 e. The quantitative estimate of drug-likeness (QED) is 0.797. The van der Waals surface area contributed by atoms with Gasteiger partial charge in [-0.25, -0.2) is 0 Å². The minimum atomic E-state index is -1.16. The van der Waals surface area contributed by atoms with Crippen LogP contribution < -0.4 is 9.84 Å². The number of morpholine rings is 1. The van der Waals surface area contributed by atoms with Gasteiger partial charge in [0.1, 0.15) is 5.75 Å². The van der Waals surface area contributed by atoms with Crippen LogP contribution in [0.25, 0.3) is 10.9 Å². The van der Waals surface area contributed by atoms with Gasteiger partial charge in [-0.05, 0) is 24.3 Å². The third kappa shape index (κ3) is 2.93. The Morgan fingerprint density at radius 1 is 1.27 bits per heavy atom. The number of carbonyl (C=O) groups is 1. The summed E-state index contributed by atoms with van der Waals surface area (Å²) in [5.41, 5.74) is 1.09. The first kappa shape index (κ1) is 14.9. The molecule has 1 fully saturated rings. The van der Waals surface area contributed by atoms with Crippen LogP contribution in [0.5, 0.6) is 5.75 Å². The van der Waals surface area contributed by atoms with E-state index in [1.54, 1.807) is 17.7 Å². The maximum absolute atomic E-state index is 11.4. The predicted octanol–water partition coefficient (Wildman–Crippen LogP) is 0.346. The van der Waals surface area contributed by atoms with Gasteiger partial charge in [0.15, 0.2) is 0 Å². The molecular formula is C16H19N2O4-. The summed E-state index contributed by atoms with van der Waals surface area (Å²) < 4.78 is 12.3. The van der Waals surface area contributed by atoms with E-state index in [1.165, 1.54) is 0 Å². The van der Waals surface area contributed by atoms with Crippen molar-refractivity contribution in [2.45, 2.75) is 6.54 Å². The van der Waals surface area contributed by atoms with Gasteiger partial charge in [-0.1, -0.05) is 0 Å². The maximum atomic E-state index is 11.4. The maximum Gasteiger partial charge on any atom is 0.119 e. The molecule has 2 heterocycles. The molecule has 1 aromatic heterocycles. The van der Waals surface area contributed by atoms with Crippen molar-refractivity contribution in [2.75, 3.05) is 40.0 Å². The third-order valence-corrected chi connectivity index (χ3v) is 4.06. The highest BCUT2D eigenvalue weighted by Gasteiger charge is 2.14. The second-order valence-electron chi connectivity index (χ2n) is 5.35. The van der Waals surface area contributed by atoms with Gasteiger partial charge in [0, 0.05) is 37.1 Å². The summed E-state index contributed by atoms with van der Waals surface area (Å²) in [4.78, 5) is 13.7. The van der Waals surface area contributed by atoms with Crippen molar-refractivity contribution in [3.63, 3.8) is 0 Å². The van der Waals surface area contributed by atoms with E-state index in [0.29, 0.717) is 12.3 Å². The fourth-order valence-electron chi connectivity index (χ4n) is 2.85. The van der Waals surface area contributed by atoms with Crippen LogP contribution in [0.4, 0.5) is 0 Å². The monoisotopic (exact) mass is 303 g/mol. The molecule has 3 rings (SSSR count). The molecule has 1 saturated heterocycles. The molecule has 1 aromatic carbocycles. The van der Waals surface area contributed by atoms with Gasteiger partial charge in [-0.3, -0.25) is 4.90 Å². The number of benzene rings is 1. The van der Waals surface area contributed by atoms with E-state index in [0.717, 1.165) is 43.8 Å². The molecule has 0 bridgehead atoms. The van der Waals surface area contributed by atoms with E-state index in [1.807, 2.05) is 18.2 Å². The topological polar surface area (TPSA) is 66.8 Å². The highest BCUT2D eigenvalue weighted by Crippen LogP contribution is 2.24. The van der Waals surface area contributed by atoms with Crippen molar-refractivity contribution in [1.29, 1.82) is 0 Å². The number of rotatable bonds is 5. The van der Waals surface area contributed by atoms with Crippen LogP contribution in [0.15, 0.2) is 24.3 Å². The Labute approximate surface area is 128 Å². The van der Waals surface area contributed by atoms with Crippen LogP contribution in [-0.2, 0) is 11.3 Å². The van der Waals surface area contributed by atoms with Gasteiger partial charge in [-0.15, -0.1) is 0 Å². The zero-order chi connectivity index (χ0) is 15.5. The van der Waals surface area contributed by atoms with Crippen LogP contribution in [0, 0.1) is 0 Å². The normalized spacial score (nSPS) is 16.0. The van der Waals surface area contributed by atoms with Crippen molar-refractivity contribution in [1.82, 2.24) is 9.47 Å². The molecule has 118 valence electrons. The highest BCUT2D eigenvalue weighted by atomic mass is 16.5. The smallest absolute Gasteiger partial charge is 0.119 e. The number of carboxylic acid groups (broad SMARTS) is 1. The SMILES string of the molecule is COc1ccc2c(c1)cc(C(=O)[O-])n2CCN1CCOCC1. The Morgan fingerprint density at radius 3 is 2.73 bits per heavy atom. The first-order valence-electron chi connectivity index (χ1n) is 7.38. The Bertz CT molecular complexity index is 674. The van der Waals surface area contributed by atoms with E-state index in [9.17, 15) is 9.90 Å². The van der Waals surface area contributed by atoms with Gasteiger partial charge in [0.05, 0.1) is 32.0 Å². The number of methoxy groups -OCH3 is 1. The lowest BCUT2D eigenvalue weighted by Gasteiger charge is -2.27. The summed E-state index contributed by atoms with van der Waals surface area (Å²) in [6.07, 6.45) is 0. The first-order chi connectivity index (χ1) is 10.7. The summed E-state index contributed by atoms with van der Waals surface area (Å²) in [7, 11) is 1.59. The number of aromatic nitrogens is 1. The number of fused-ring (bicyclic) bond motifs is 1. The third-order valence-electron chi connectivity index (χ3n) is 4.06. The first-order valence-corrected chi connectivity index (χ1v) is 7.38. The van der Waals surface area contributed by atoms with Crippen molar-refractivity contribution >= 4 is 16.9 Å². The Balaban J connectivity index is 1.88. The van der Waals surface area contributed by atoms with Crippen LogP contribution >= 0.6 is 0 Å². The fourth-order valence-corrected chi connectivity index (χ4v) is 2.85. The van der Waals surface area contributed by atoms with E-state index in [4.69, 9.17) is 9.47 Å². The Morgan fingerprint density at radius 2 is 2.05 bits per heavy atom. The lowest BCUT2D eigenvalue weighted by atomic mass is 10.2. The molecule has 6 heteroatoms. The molecule has 6 nitrogen and oxygen atoms in total. The molecule has 0 radical (unpaired) electrons. The molecule has 1 aliphatic rings. The average Bonchev–Trinajstić information content (AvgIpc) is 2.91.